The van der Waals surface area contributed by atoms with Crippen LogP contribution in [0.25, 0.3) is 22.4 Å². The quantitative estimate of drug-likeness (QED) is 0.459. The average molecular weight is 403 g/mol. The van der Waals surface area contributed by atoms with Crippen molar-refractivity contribution in [1.29, 1.82) is 0 Å². The zero-order chi connectivity index (χ0) is 21.3. The highest BCUT2D eigenvalue weighted by atomic mass is 16.3. The van der Waals surface area contributed by atoms with E-state index in [1.807, 2.05) is 50.2 Å². The number of aliphatic hydroxyl groups excluding tert-OH is 1. The van der Waals surface area contributed by atoms with Crippen molar-refractivity contribution in [3.63, 3.8) is 0 Å². The first-order chi connectivity index (χ1) is 14.4. The standard InChI is InChI=1S/C23H25N5O2/c1-14-4-9-20-21(12-14)26-23(25-20)17-5-7-18(8-6-17)24-22(30)13-19-15(2)27-28(10-11-29)16(19)3/h4-9,12,29H,10-11,13H2,1-3H3,(H,24,30)(H,25,26). The summed E-state index contributed by atoms with van der Waals surface area (Å²) in [5, 5.41) is 16.5. The highest BCUT2D eigenvalue weighted by molar-refractivity contribution is 5.92. The van der Waals surface area contributed by atoms with E-state index < -0.39 is 0 Å². The zero-order valence-corrected chi connectivity index (χ0v) is 17.4. The van der Waals surface area contributed by atoms with E-state index in [0.29, 0.717) is 6.54 Å². The molecule has 0 aliphatic carbocycles. The van der Waals surface area contributed by atoms with Crippen molar-refractivity contribution in [2.75, 3.05) is 11.9 Å². The first-order valence-electron chi connectivity index (χ1n) is 9.95. The largest absolute Gasteiger partial charge is 0.394 e. The van der Waals surface area contributed by atoms with Crippen LogP contribution < -0.4 is 5.32 Å². The van der Waals surface area contributed by atoms with E-state index in [9.17, 15) is 4.79 Å². The van der Waals surface area contributed by atoms with Gasteiger partial charge >= 0.3 is 0 Å². The number of imidazole rings is 1. The van der Waals surface area contributed by atoms with E-state index >= 15 is 0 Å². The summed E-state index contributed by atoms with van der Waals surface area (Å²) in [7, 11) is 0. The zero-order valence-electron chi connectivity index (χ0n) is 17.4. The summed E-state index contributed by atoms with van der Waals surface area (Å²) in [5.74, 6) is 0.702. The fourth-order valence-electron chi connectivity index (χ4n) is 3.64. The molecule has 7 nitrogen and oxygen atoms in total. The molecule has 4 rings (SSSR count). The molecule has 0 atom stereocenters. The molecule has 3 N–H and O–H groups in total. The van der Waals surface area contributed by atoms with Gasteiger partial charge in [-0.05, 0) is 62.7 Å². The minimum atomic E-state index is -0.100. The molecule has 154 valence electrons. The number of anilines is 1. The van der Waals surface area contributed by atoms with Crippen molar-refractivity contribution in [2.45, 2.75) is 33.7 Å². The van der Waals surface area contributed by atoms with Crippen molar-refractivity contribution in [3.8, 4) is 11.4 Å². The number of H-pyrrole nitrogens is 1. The maximum Gasteiger partial charge on any atom is 0.228 e. The second-order valence-corrected chi connectivity index (χ2v) is 7.50. The van der Waals surface area contributed by atoms with E-state index in [2.05, 4.69) is 33.4 Å². The Bertz CT molecular complexity index is 1200. The number of rotatable bonds is 6. The van der Waals surface area contributed by atoms with Crippen molar-refractivity contribution in [3.05, 3.63) is 65.0 Å². The molecule has 0 aliphatic rings. The molecule has 7 heteroatoms. The summed E-state index contributed by atoms with van der Waals surface area (Å²) >= 11 is 0. The van der Waals surface area contributed by atoms with Gasteiger partial charge in [0.15, 0.2) is 0 Å². The number of fused-ring (bicyclic) bond motifs is 1. The number of benzene rings is 2. The van der Waals surface area contributed by atoms with Gasteiger partial charge in [-0.3, -0.25) is 9.48 Å². The molecule has 0 spiro atoms. The number of aliphatic hydroxyl groups is 1. The van der Waals surface area contributed by atoms with Crippen LogP contribution in [0.15, 0.2) is 42.5 Å². The highest BCUT2D eigenvalue weighted by Gasteiger charge is 2.15. The Morgan fingerprint density at radius 3 is 2.63 bits per heavy atom. The molecule has 2 heterocycles. The number of nitrogens with zero attached hydrogens (tertiary/aromatic N) is 3. The lowest BCUT2D eigenvalue weighted by molar-refractivity contribution is -0.115. The molecule has 0 fully saturated rings. The van der Waals surface area contributed by atoms with Gasteiger partial charge in [0.1, 0.15) is 5.82 Å². The van der Waals surface area contributed by atoms with Gasteiger partial charge in [0.05, 0.1) is 36.3 Å². The highest BCUT2D eigenvalue weighted by Crippen LogP contribution is 2.23. The second kappa shape index (κ2) is 8.12. The normalized spacial score (nSPS) is 11.2. The molecule has 0 aliphatic heterocycles. The molecule has 0 unspecified atom stereocenters. The first kappa shape index (κ1) is 19.8. The monoisotopic (exact) mass is 403 g/mol. The fraction of sp³-hybridized carbons (Fsp3) is 0.261. The molecule has 4 aromatic rings. The van der Waals surface area contributed by atoms with Gasteiger partial charge in [-0.25, -0.2) is 4.98 Å². The smallest absolute Gasteiger partial charge is 0.228 e. The van der Waals surface area contributed by atoms with E-state index in [1.165, 1.54) is 5.56 Å². The van der Waals surface area contributed by atoms with Gasteiger partial charge in [-0.15, -0.1) is 0 Å². The number of nitrogens with one attached hydrogen (secondary N) is 2. The van der Waals surface area contributed by atoms with Gasteiger partial charge in [-0.1, -0.05) is 6.07 Å². The molecule has 30 heavy (non-hydrogen) atoms. The van der Waals surface area contributed by atoms with Crippen LogP contribution >= 0.6 is 0 Å². The van der Waals surface area contributed by atoms with E-state index in [4.69, 9.17) is 5.11 Å². The number of carbonyl (C=O) groups is 1. The summed E-state index contributed by atoms with van der Waals surface area (Å²) in [6.45, 7) is 6.30. The molecule has 0 bridgehead atoms. The number of amides is 1. The molecule has 2 aromatic carbocycles. The molecule has 2 aromatic heterocycles. The number of aromatic amines is 1. The number of aryl methyl sites for hydroxylation is 2. The van der Waals surface area contributed by atoms with Gasteiger partial charge in [0, 0.05) is 22.5 Å². The second-order valence-electron chi connectivity index (χ2n) is 7.50. The van der Waals surface area contributed by atoms with Gasteiger partial charge in [0.2, 0.25) is 5.91 Å². The molecular weight excluding hydrogens is 378 g/mol. The van der Waals surface area contributed by atoms with Crippen LogP contribution in [0.1, 0.15) is 22.5 Å². The Labute approximate surface area is 174 Å². The number of aromatic nitrogens is 4. The van der Waals surface area contributed by atoms with Crippen LogP contribution in [-0.2, 0) is 17.8 Å². The molecule has 0 radical (unpaired) electrons. The number of hydrogen-bond donors (Lipinski definition) is 3. The third-order valence-electron chi connectivity index (χ3n) is 5.26. The summed E-state index contributed by atoms with van der Waals surface area (Å²) in [6.07, 6.45) is 0.244. The van der Waals surface area contributed by atoms with Crippen LogP contribution in [0.3, 0.4) is 0 Å². The van der Waals surface area contributed by atoms with Crippen molar-refractivity contribution in [2.24, 2.45) is 0 Å². The molecular formula is C23H25N5O2. The minimum absolute atomic E-state index is 0.0186. The lowest BCUT2D eigenvalue weighted by atomic mass is 10.1. The summed E-state index contributed by atoms with van der Waals surface area (Å²) in [4.78, 5) is 20.5. The Morgan fingerprint density at radius 2 is 1.90 bits per heavy atom. The SMILES string of the molecule is Cc1ccc2nc(-c3ccc(NC(=O)Cc4c(C)nn(CCO)c4C)cc3)[nH]c2c1. The van der Waals surface area contributed by atoms with Crippen LogP contribution in [0, 0.1) is 20.8 Å². The minimum Gasteiger partial charge on any atom is -0.394 e. The Morgan fingerprint density at radius 1 is 1.13 bits per heavy atom. The molecule has 0 saturated carbocycles. The third-order valence-corrected chi connectivity index (χ3v) is 5.26. The van der Waals surface area contributed by atoms with Crippen LogP contribution in [0.2, 0.25) is 0 Å². The summed E-state index contributed by atoms with van der Waals surface area (Å²) in [5.41, 5.74) is 7.43. The van der Waals surface area contributed by atoms with Crippen LogP contribution in [0.4, 0.5) is 5.69 Å². The lowest BCUT2D eigenvalue weighted by Crippen LogP contribution is -2.15. The van der Waals surface area contributed by atoms with Gasteiger partial charge in [0.25, 0.3) is 0 Å². The van der Waals surface area contributed by atoms with Crippen LogP contribution in [-0.4, -0.2) is 37.4 Å². The first-order valence-corrected chi connectivity index (χ1v) is 9.95. The maximum atomic E-state index is 12.5. The maximum absolute atomic E-state index is 12.5. The third kappa shape index (κ3) is 3.97. The Balaban J connectivity index is 1.46. The predicted molar refractivity (Wildman–Crippen MR) is 117 cm³/mol. The summed E-state index contributed by atoms with van der Waals surface area (Å²) < 4.78 is 1.74. The van der Waals surface area contributed by atoms with Gasteiger partial charge < -0.3 is 15.4 Å². The van der Waals surface area contributed by atoms with Crippen molar-refractivity contribution >= 4 is 22.6 Å². The molecule has 0 saturated heterocycles. The Kier molecular flexibility index (Phi) is 5.37. The Hall–Kier alpha value is -3.45. The average Bonchev–Trinajstić information content (AvgIpc) is 3.25. The topological polar surface area (TPSA) is 95.8 Å². The summed E-state index contributed by atoms with van der Waals surface area (Å²) in [6, 6.07) is 13.8. The van der Waals surface area contributed by atoms with E-state index in [-0.39, 0.29) is 18.9 Å². The van der Waals surface area contributed by atoms with Crippen LogP contribution in [0.5, 0.6) is 0 Å². The van der Waals surface area contributed by atoms with Gasteiger partial charge in [-0.2, -0.15) is 5.10 Å². The number of carbonyl (C=O) groups excluding carboxylic acids is 1. The van der Waals surface area contributed by atoms with E-state index in [0.717, 1.165) is 45.1 Å². The van der Waals surface area contributed by atoms with Crippen molar-refractivity contribution in [1.82, 2.24) is 19.7 Å². The fourth-order valence-corrected chi connectivity index (χ4v) is 3.64. The molecule has 1 amide bonds. The van der Waals surface area contributed by atoms with Crippen molar-refractivity contribution < 1.29 is 9.90 Å². The van der Waals surface area contributed by atoms with E-state index in [1.54, 1.807) is 4.68 Å². The lowest BCUT2D eigenvalue weighted by Gasteiger charge is -2.07. The predicted octanol–water partition coefficient (Wildman–Crippen LogP) is 3.53. The number of hydrogen-bond acceptors (Lipinski definition) is 4.